The van der Waals surface area contributed by atoms with E-state index in [9.17, 15) is 19.7 Å². The first-order valence-electron chi connectivity index (χ1n) is 8.98. The molecule has 1 saturated heterocycles. The number of hydrogen-bond donors (Lipinski definition) is 2. The normalized spacial score (nSPS) is 16.7. The Bertz CT molecular complexity index is 831. The molecule has 2 aliphatic heterocycles. The number of esters is 1. The van der Waals surface area contributed by atoms with Crippen LogP contribution in [0, 0.1) is 10.1 Å². The lowest BCUT2D eigenvalue weighted by Crippen LogP contribution is -2.31. The van der Waals surface area contributed by atoms with Gasteiger partial charge in [-0.3, -0.25) is 14.9 Å². The highest BCUT2D eigenvalue weighted by atomic mass is 16.6. The fourth-order valence-electron chi connectivity index (χ4n) is 3.44. The van der Waals surface area contributed by atoms with Gasteiger partial charge in [-0.1, -0.05) is 0 Å². The number of carbonyl (C=O) groups excluding carboxylic acids is 2. The number of hydrogen-bond acceptors (Lipinski definition) is 8. The minimum absolute atomic E-state index is 0.0337. The van der Waals surface area contributed by atoms with Crippen LogP contribution in [0.15, 0.2) is 29.5 Å². The van der Waals surface area contributed by atoms with Crippen molar-refractivity contribution < 1.29 is 24.4 Å². The van der Waals surface area contributed by atoms with Crippen molar-refractivity contribution >= 4 is 28.9 Å². The van der Waals surface area contributed by atoms with E-state index in [0.717, 1.165) is 31.6 Å². The Morgan fingerprint density at radius 1 is 1.36 bits per heavy atom. The number of methoxy groups -OCH3 is 1. The quantitative estimate of drug-likeness (QED) is 0.399. The van der Waals surface area contributed by atoms with Gasteiger partial charge in [0.1, 0.15) is 11.4 Å². The highest BCUT2D eigenvalue weighted by Crippen LogP contribution is 2.33. The van der Waals surface area contributed by atoms with Crippen LogP contribution in [0.25, 0.3) is 0 Å². The molecule has 0 atom stereocenters. The Kier molecular flexibility index (Phi) is 5.78. The van der Waals surface area contributed by atoms with Gasteiger partial charge in [-0.2, -0.15) is 0 Å². The molecule has 1 aromatic rings. The molecule has 3 rings (SSSR count). The van der Waals surface area contributed by atoms with Gasteiger partial charge in [0.05, 0.1) is 30.8 Å². The van der Waals surface area contributed by atoms with E-state index in [-0.39, 0.29) is 42.3 Å². The number of β-amino-alcohol motifs (C(OH)–C–C–N with tert-alkyl or cyclic N) is 1. The molecule has 2 aliphatic rings. The number of benzene rings is 1. The molecule has 10 nitrogen and oxygen atoms in total. The summed E-state index contributed by atoms with van der Waals surface area (Å²) in [5, 5.41) is 23.4. The van der Waals surface area contributed by atoms with Crippen molar-refractivity contribution in [2.24, 2.45) is 0 Å². The van der Waals surface area contributed by atoms with Gasteiger partial charge in [-0.15, -0.1) is 0 Å². The lowest BCUT2D eigenvalue weighted by atomic mass is 10.2. The summed E-state index contributed by atoms with van der Waals surface area (Å²) in [5.74, 6) is -1.22. The molecule has 0 bridgehead atoms. The summed E-state index contributed by atoms with van der Waals surface area (Å²) in [6.07, 6.45) is 2.10. The molecule has 1 aromatic carbocycles. The number of anilines is 2. The van der Waals surface area contributed by atoms with Gasteiger partial charge in [-0.25, -0.2) is 4.79 Å². The molecular formula is C18H22N4O6. The van der Waals surface area contributed by atoms with E-state index < -0.39 is 16.8 Å². The standard InChI is InChI=1S/C18H22N4O6/c1-28-18(25)13-11-21(8-9-23)17(24)16(13)19-14-10-12(20-6-2-3-7-20)4-5-15(14)22(26)27/h4-5,10,19,23H,2-3,6-9,11H2,1H3. The third-order valence-electron chi connectivity index (χ3n) is 4.86. The van der Waals surface area contributed by atoms with Crippen molar-refractivity contribution in [2.75, 3.05) is 50.1 Å². The minimum Gasteiger partial charge on any atom is -0.466 e. The Hall–Kier alpha value is -3.14. The van der Waals surface area contributed by atoms with E-state index in [4.69, 9.17) is 9.84 Å². The number of nitro benzene ring substituents is 1. The minimum atomic E-state index is -0.699. The Labute approximate surface area is 161 Å². The summed E-state index contributed by atoms with van der Waals surface area (Å²) in [4.78, 5) is 39.1. The van der Waals surface area contributed by atoms with Gasteiger partial charge < -0.3 is 25.0 Å². The smallest absolute Gasteiger partial charge is 0.337 e. The Morgan fingerprint density at radius 3 is 2.68 bits per heavy atom. The molecule has 0 aromatic heterocycles. The third kappa shape index (κ3) is 3.77. The summed E-state index contributed by atoms with van der Waals surface area (Å²) in [6, 6.07) is 4.69. The van der Waals surface area contributed by atoms with Crippen LogP contribution in [0.1, 0.15) is 12.8 Å². The van der Waals surface area contributed by atoms with Crippen molar-refractivity contribution in [1.29, 1.82) is 0 Å². The van der Waals surface area contributed by atoms with E-state index in [2.05, 4.69) is 10.2 Å². The lowest BCUT2D eigenvalue weighted by Gasteiger charge is -2.19. The summed E-state index contributed by atoms with van der Waals surface area (Å²) in [7, 11) is 1.20. The molecule has 0 radical (unpaired) electrons. The number of rotatable bonds is 7. The maximum Gasteiger partial charge on any atom is 0.337 e. The Morgan fingerprint density at radius 2 is 2.07 bits per heavy atom. The molecule has 0 spiro atoms. The fraction of sp³-hybridized carbons (Fsp3) is 0.444. The van der Waals surface area contributed by atoms with Gasteiger partial charge in [0, 0.05) is 31.4 Å². The van der Waals surface area contributed by atoms with E-state index >= 15 is 0 Å². The number of ether oxygens (including phenoxy) is 1. The van der Waals surface area contributed by atoms with Crippen molar-refractivity contribution in [3.63, 3.8) is 0 Å². The summed E-state index contributed by atoms with van der Waals surface area (Å²) in [5.41, 5.74) is 0.741. The van der Waals surface area contributed by atoms with E-state index in [1.54, 1.807) is 12.1 Å². The molecule has 1 fully saturated rings. The zero-order valence-electron chi connectivity index (χ0n) is 15.5. The number of amides is 1. The molecule has 2 N–H and O–H groups in total. The first kappa shape index (κ1) is 19.6. The molecule has 0 aliphatic carbocycles. The number of aliphatic hydroxyl groups excluding tert-OH is 1. The van der Waals surface area contributed by atoms with Crippen molar-refractivity contribution in [2.45, 2.75) is 12.8 Å². The maximum atomic E-state index is 12.7. The first-order chi connectivity index (χ1) is 13.5. The molecule has 0 unspecified atom stereocenters. The average molecular weight is 390 g/mol. The van der Waals surface area contributed by atoms with Crippen molar-refractivity contribution in [3.8, 4) is 0 Å². The monoisotopic (exact) mass is 390 g/mol. The Balaban J connectivity index is 1.99. The van der Waals surface area contributed by atoms with Gasteiger partial charge in [0.15, 0.2) is 0 Å². The van der Waals surface area contributed by atoms with Crippen LogP contribution in [0.4, 0.5) is 17.1 Å². The predicted molar refractivity (Wildman–Crippen MR) is 101 cm³/mol. The molecule has 1 amide bonds. The summed E-state index contributed by atoms with van der Waals surface area (Å²) in [6.45, 7) is 1.46. The van der Waals surface area contributed by atoms with Crippen LogP contribution >= 0.6 is 0 Å². The topological polar surface area (TPSA) is 125 Å². The molecular weight excluding hydrogens is 368 g/mol. The van der Waals surface area contributed by atoms with Crippen molar-refractivity contribution in [1.82, 2.24) is 4.90 Å². The van der Waals surface area contributed by atoms with Gasteiger partial charge in [0.2, 0.25) is 0 Å². The molecule has 0 saturated carbocycles. The lowest BCUT2D eigenvalue weighted by molar-refractivity contribution is -0.383. The molecule has 28 heavy (non-hydrogen) atoms. The zero-order chi connectivity index (χ0) is 20.3. The third-order valence-corrected chi connectivity index (χ3v) is 4.86. The summed E-state index contributed by atoms with van der Waals surface area (Å²) >= 11 is 0. The number of aliphatic hydroxyl groups is 1. The molecule has 150 valence electrons. The molecule has 10 heteroatoms. The van der Waals surface area contributed by atoms with Crippen LogP contribution in [-0.2, 0) is 14.3 Å². The predicted octanol–water partition coefficient (Wildman–Crippen LogP) is 0.868. The zero-order valence-corrected chi connectivity index (χ0v) is 15.5. The SMILES string of the molecule is COC(=O)C1=C(Nc2cc(N3CCCC3)ccc2[N+](=O)[O-])C(=O)N(CCO)C1. The van der Waals surface area contributed by atoms with Crippen LogP contribution in [-0.4, -0.2) is 66.7 Å². The number of carbonyl (C=O) groups is 2. The highest BCUT2D eigenvalue weighted by molar-refractivity contribution is 6.08. The number of nitrogens with zero attached hydrogens (tertiary/aromatic N) is 3. The van der Waals surface area contributed by atoms with Crippen molar-refractivity contribution in [3.05, 3.63) is 39.6 Å². The van der Waals surface area contributed by atoms with Gasteiger partial charge >= 0.3 is 5.97 Å². The van der Waals surface area contributed by atoms with E-state index in [1.165, 1.54) is 18.1 Å². The average Bonchev–Trinajstić information content (AvgIpc) is 3.32. The highest BCUT2D eigenvalue weighted by Gasteiger charge is 2.35. The fourth-order valence-corrected chi connectivity index (χ4v) is 3.44. The number of nitrogens with one attached hydrogen (secondary N) is 1. The number of nitro groups is 1. The van der Waals surface area contributed by atoms with Crippen LogP contribution in [0.3, 0.4) is 0 Å². The van der Waals surface area contributed by atoms with Gasteiger partial charge in [-0.05, 0) is 25.0 Å². The second kappa shape index (κ2) is 8.26. The van der Waals surface area contributed by atoms with Crippen LogP contribution in [0.2, 0.25) is 0 Å². The van der Waals surface area contributed by atoms with E-state index in [1.807, 2.05) is 0 Å². The van der Waals surface area contributed by atoms with Crippen LogP contribution < -0.4 is 10.2 Å². The molecule has 2 heterocycles. The second-order valence-electron chi connectivity index (χ2n) is 6.57. The first-order valence-corrected chi connectivity index (χ1v) is 8.98. The van der Waals surface area contributed by atoms with E-state index in [0.29, 0.717) is 0 Å². The van der Waals surface area contributed by atoms with Crippen LogP contribution in [0.5, 0.6) is 0 Å². The summed E-state index contributed by atoms with van der Waals surface area (Å²) < 4.78 is 4.74. The largest absolute Gasteiger partial charge is 0.466 e. The maximum absolute atomic E-state index is 12.7. The van der Waals surface area contributed by atoms with Gasteiger partial charge in [0.25, 0.3) is 11.6 Å². The second-order valence-corrected chi connectivity index (χ2v) is 6.57.